The third kappa shape index (κ3) is 5.56. The van der Waals surface area contributed by atoms with E-state index in [1.165, 1.54) is 12.8 Å². The maximum absolute atomic E-state index is 5.57. The summed E-state index contributed by atoms with van der Waals surface area (Å²) in [5.74, 6) is 0.777. The molecule has 0 aliphatic rings. The highest BCUT2D eigenvalue weighted by Crippen LogP contribution is 2.30. The number of rotatable bonds is 5. The van der Waals surface area contributed by atoms with Gasteiger partial charge in [0.25, 0.3) is 0 Å². The van der Waals surface area contributed by atoms with Crippen molar-refractivity contribution in [2.75, 3.05) is 0 Å². The van der Waals surface area contributed by atoms with E-state index in [0.29, 0.717) is 5.41 Å². The molecule has 0 aliphatic heterocycles. The van der Waals surface area contributed by atoms with E-state index in [9.17, 15) is 0 Å². The first kappa shape index (κ1) is 11.9. The first-order valence-corrected chi connectivity index (χ1v) is 4.88. The van der Waals surface area contributed by atoms with E-state index in [-0.39, 0.29) is 6.17 Å². The van der Waals surface area contributed by atoms with Crippen molar-refractivity contribution in [3.63, 3.8) is 0 Å². The summed E-state index contributed by atoms with van der Waals surface area (Å²) in [6, 6.07) is 0. The van der Waals surface area contributed by atoms with Gasteiger partial charge in [-0.15, -0.1) is 0 Å². The van der Waals surface area contributed by atoms with Crippen molar-refractivity contribution in [2.45, 2.75) is 53.1 Å². The molecule has 12 heavy (non-hydrogen) atoms. The fourth-order valence-corrected chi connectivity index (χ4v) is 1.81. The van der Waals surface area contributed by atoms with Crippen molar-refractivity contribution < 1.29 is 0 Å². The largest absolute Gasteiger partial charge is 0.316 e. The molecular weight excluding hydrogens is 148 g/mol. The molecule has 0 bridgehead atoms. The second-order valence-electron chi connectivity index (χ2n) is 4.75. The van der Waals surface area contributed by atoms with Gasteiger partial charge < -0.3 is 11.5 Å². The Hall–Kier alpha value is -0.0800. The van der Waals surface area contributed by atoms with Crippen LogP contribution in [0.5, 0.6) is 0 Å². The average molecular weight is 172 g/mol. The molecule has 2 heteroatoms. The van der Waals surface area contributed by atoms with Gasteiger partial charge in [-0.25, -0.2) is 0 Å². The van der Waals surface area contributed by atoms with Gasteiger partial charge in [0.2, 0.25) is 0 Å². The van der Waals surface area contributed by atoms with Gasteiger partial charge in [0.05, 0.1) is 6.17 Å². The minimum atomic E-state index is -0.163. The molecule has 0 aliphatic carbocycles. The van der Waals surface area contributed by atoms with Crippen molar-refractivity contribution >= 4 is 0 Å². The second kappa shape index (κ2) is 4.83. The summed E-state index contributed by atoms with van der Waals surface area (Å²) >= 11 is 0. The molecule has 0 amide bonds. The molecule has 1 atom stereocenters. The quantitative estimate of drug-likeness (QED) is 0.624. The van der Waals surface area contributed by atoms with Crippen LogP contribution in [0, 0.1) is 11.3 Å². The molecule has 0 saturated heterocycles. The molecule has 0 aromatic heterocycles. The molecule has 0 rings (SSSR count). The SMILES string of the molecule is CCC(C)CC(C)(C)CC(N)N. The van der Waals surface area contributed by atoms with Crippen LogP contribution in [-0.4, -0.2) is 6.17 Å². The minimum absolute atomic E-state index is 0.163. The van der Waals surface area contributed by atoms with E-state index in [4.69, 9.17) is 11.5 Å². The predicted molar refractivity (Wildman–Crippen MR) is 54.6 cm³/mol. The Morgan fingerprint density at radius 3 is 2.00 bits per heavy atom. The molecular formula is C10H24N2. The zero-order valence-corrected chi connectivity index (χ0v) is 8.93. The smallest absolute Gasteiger partial charge is 0.0526 e. The van der Waals surface area contributed by atoms with E-state index in [1.807, 2.05) is 0 Å². The van der Waals surface area contributed by atoms with Gasteiger partial charge in [0.1, 0.15) is 0 Å². The van der Waals surface area contributed by atoms with Crippen molar-refractivity contribution in [1.82, 2.24) is 0 Å². The fourth-order valence-electron chi connectivity index (χ4n) is 1.81. The van der Waals surface area contributed by atoms with Crippen LogP contribution in [0.25, 0.3) is 0 Å². The normalized spacial score (nSPS) is 15.2. The predicted octanol–water partition coefficient (Wildman–Crippen LogP) is 2.08. The molecule has 74 valence electrons. The fraction of sp³-hybridized carbons (Fsp3) is 1.00. The van der Waals surface area contributed by atoms with Crippen LogP contribution in [0.4, 0.5) is 0 Å². The molecule has 0 radical (unpaired) electrons. The topological polar surface area (TPSA) is 52.0 Å². The van der Waals surface area contributed by atoms with Gasteiger partial charge in [-0.2, -0.15) is 0 Å². The van der Waals surface area contributed by atoms with E-state index in [0.717, 1.165) is 12.3 Å². The second-order valence-corrected chi connectivity index (χ2v) is 4.75. The highest BCUT2D eigenvalue weighted by atomic mass is 14.8. The van der Waals surface area contributed by atoms with Crippen LogP contribution in [0.2, 0.25) is 0 Å². The molecule has 0 fully saturated rings. The third-order valence-electron chi connectivity index (χ3n) is 2.39. The van der Waals surface area contributed by atoms with Gasteiger partial charge in [-0.3, -0.25) is 0 Å². The first-order chi connectivity index (χ1) is 5.37. The maximum atomic E-state index is 5.57. The molecule has 4 N–H and O–H groups in total. The molecule has 0 spiro atoms. The lowest BCUT2D eigenvalue weighted by Gasteiger charge is -2.29. The highest BCUT2D eigenvalue weighted by Gasteiger charge is 2.21. The van der Waals surface area contributed by atoms with Crippen LogP contribution >= 0.6 is 0 Å². The summed E-state index contributed by atoms with van der Waals surface area (Å²) in [7, 11) is 0. The van der Waals surface area contributed by atoms with Crippen molar-refractivity contribution in [1.29, 1.82) is 0 Å². The van der Waals surface area contributed by atoms with Gasteiger partial charge in [0, 0.05) is 0 Å². The molecule has 1 unspecified atom stereocenters. The Kier molecular flexibility index (Phi) is 4.80. The highest BCUT2D eigenvalue weighted by molar-refractivity contribution is 4.74. The number of hydrogen-bond acceptors (Lipinski definition) is 2. The Morgan fingerprint density at radius 2 is 1.67 bits per heavy atom. The zero-order valence-electron chi connectivity index (χ0n) is 8.93. The lowest BCUT2D eigenvalue weighted by molar-refractivity contribution is 0.236. The summed E-state index contributed by atoms with van der Waals surface area (Å²) in [6.45, 7) is 8.99. The van der Waals surface area contributed by atoms with Gasteiger partial charge in [-0.1, -0.05) is 34.1 Å². The zero-order chi connectivity index (χ0) is 9.78. The Morgan fingerprint density at radius 1 is 1.17 bits per heavy atom. The summed E-state index contributed by atoms with van der Waals surface area (Å²) < 4.78 is 0. The first-order valence-electron chi connectivity index (χ1n) is 4.88. The van der Waals surface area contributed by atoms with Crippen LogP contribution in [-0.2, 0) is 0 Å². The summed E-state index contributed by atoms with van der Waals surface area (Å²) in [5, 5.41) is 0. The number of nitrogens with two attached hydrogens (primary N) is 2. The van der Waals surface area contributed by atoms with Crippen LogP contribution in [0.1, 0.15) is 47.0 Å². The summed E-state index contributed by atoms with van der Waals surface area (Å²) in [5.41, 5.74) is 11.4. The maximum Gasteiger partial charge on any atom is 0.0526 e. The lowest BCUT2D eigenvalue weighted by Crippen LogP contribution is -2.36. The van der Waals surface area contributed by atoms with Gasteiger partial charge in [0.15, 0.2) is 0 Å². The van der Waals surface area contributed by atoms with Crippen molar-refractivity contribution in [2.24, 2.45) is 22.8 Å². The third-order valence-corrected chi connectivity index (χ3v) is 2.39. The monoisotopic (exact) mass is 172 g/mol. The minimum Gasteiger partial charge on any atom is -0.316 e. The van der Waals surface area contributed by atoms with E-state index < -0.39 is 0 Å². The van der Waals surface area contributed by atoms with Crippen LogP contribution in [0.15, 0.2) is 0 Å². The summed E-state index contributed by atoms with van der Waals surface area (Å²) in [6.07, 6.45) is 3.21. The Bertz CT molecular complexity index is 119. The van der Waals surface area contributed by atoms with Crippen molar-refractivity contribution in [3.05, 3.63) is 0 Å². The van der Waals surface area contributed by atoms with Crippen LogP contribution < -0.4 is 11.5 Å². The van der Waals surface area contributed by atoms with Crippen molar-refractivity contribution in [3.8, 4) is 0 Å². The van der Waals surface area contributed by atoms with E-state index in [1.54, 1.807) is 0 Å². The van der Waals surface area contributed by atoms with Gasteiger partial charge in [-0.05, 0) is 24.2 Å². The summed E-state index contributed by atoms with van der Waals surface area (Å²) in [4.78, 5) is 0. The van der Waals surface area contributed by atoms with Crippen LogP contribution in [0.3, 0.4) is 0 Å². The average Bonchev–Trinajstić information content (AvgIpc) is 1.83. The molecule has 0 aromatic rings. The van der Waals surface area contributed by atoms with Gasteiger partial charge >= 0.3 is 0 Å². The number of hydrogen-bond donors (Lipinski definition) is 2. The Labute approximate surface area is 76.7 Å². The lowest BCUT2D eigenvalue weighted by atomic mass is 9.79. The van der Waals surface area contributed by atoms with E-state index >= 15 is 0 Å². The molecule has 2 nitrogen and oxygen atoms in total. The molecule has 0 aromatic carbocycles. The molecule has 0 heterocycles. The standard InChI is InChI=1S/C10H24N2/c1-5-8(2)6-10(3,4)7-9(11)12/h8-9H,5-7,11-12H2,1-4H3. The molecule has 0 saturated carbocycles. The van der Waals surface area contributed by atoms with E-state index in [2.05, 4.69) is 27.7 Å². The Balaban J connectivity index is 3.85.